The lowest BCUT2D eigenvalue weighted by atomic mass is 9.47. The zero-order chi connectivity index (χ0) is 48.9. The van der Waals surface area contributed by atoms with E-state index in [-0.39, 0.29) is 24.4 Å². The number of anilines is 1. The van der Waals surface area contributed by atoms with Crippen LogP contribution in [0, 0.1) is 11.3 Å². The van der Waals surface area contributed by atoms with Gasteiger partial charge >= 0.3 is 11.9 Å². The van der Waals surface area contributed by atoms with E-state index in [2.05, 4.69) is 56.9 Å². The molecule has 8 aliphatic rings. The Balaban J connectivity index is 1.11. The Morgan fingerprint density at radius 3 is 2.35 bits per heavy atom. The highest BCUT2D eigenvalue weighted by Crippen LogP contribution is 2.68. The zero-order valence-electron chi connectivity index (χ0n) is 41.9. The molecule has 1 saturated carbocycles. The van der Waals surface area contributed by atoms with Crippen molar-refractivity contribution in [1.29, 1.82) is 0 Å². The molecule has 2 unspecified atom stereocenters. The Hall–Kier alpha value is -4.21. The molecule has 1 spiro atoms. The minimum atomic E-state index is -2.22. The van der Waals surface area contributed by atoms with Crippen LogP contribution in [-0.2, 0) is 30.0 Å². The fourth-order valence-electron chi connectivity index (χ4n) is 15.3. The number of aliphatic hydroxyl groups is 3. The van der Waals surface area contributed by atoms with Crippen molar-refractivity contribution < 1.29 is 44.3 Å². The third kappa shape index (κ3) is 7.97. The predicted molar refractivity (Wildman–Crippen MR) is 265 cm³/mol. The Bertz CT molecular complexity index is 2280. The smallest absolute Gasteiger partial charge is 0.322 e. The number of aliphatic hydroxyl groups excluding tert-OH is 1. The van der Waals surface area contributed by atoms with E-state index in [9.17, 15) is 20.1 Å². The van der Waals surface area contributed by atoms with Gasteiger partial charge in [0.25, 0.3) is 5.91 Å². The Labute approximate surface area is 409 Å². The van der Waals surface area contributed by atoms with Gasteiger partial charge in [0, 0.05) is 86.1 Å². The first kappa shape index (κ1) is 49.8. The van der Waals surface area contributed by atoms with Crippen molar-refractivity contribution in [3.05, 3.63) is 70.5 Å². The molecule has 11 atom stereocenters. The van der Waals surface area contributed by atoms with E-state index in [1.807, 2.05) is 31.9 Å². The Kier molecular flexibility index (Phi) is 14.0. The van der Waals surface area contributed by atoms with E-state index >= 15 is 9.59 Å². The van der Waals surface area contributed by atoms with Crippen LogP contribution in [0.15, 0.2) is 59.4 Å². The largest absolute Gasteiger partial charge is 0.496 e. The van der Waals surface area contributed by atoms with Crippen molar-refractivity contribution in [3.63, 3.8) is 0 Å². The topological polar surface area (TPSA) is 184 Å². The van der Waals surface area contributed by atoms with Gasteiger partial charge in [-0.2, -0.15) is 0 Å². The molecule has 14 nitrogen and oxygen atoms in total. The second kappa shape index (κ2) is 19.4. The number of hydrogen-bond acceptors (Lipinski definition) is 12. The first-order valence-corrected chi connectivity index (χ1v) is 26.4. The number of carbonyl (C=O) groups is 3. The van der Waals surface area contributed by atoms with Crippen LogP contribution in [0.2, 0.25) is 0 Å². The lowest BCUT2D eigenvalue weighted by molar-refractivity contribution is -0.203. The molecule has 378 valence electrons. The second-order valence-electron chi connectivity index (χ2n) is 22.0. The molecule has 0 aromatic heterocycles. The van der Waals surface area contributed by atoms with Crippen molar-refractivity contribution in [1.82, 2.24) is 20.4 Å². The fraction of sp³-hybridized carbons (Fsp3) is 0.691. The normalized spacial score (nSPS) is 36.2. The minimum absolute atomic E-state index is 0.00979. The van der Waals surface area contributed by atoms with Crippen LogP contribution in [0.3, 0.4) is 0 Å². The minimum Gasteiger partial charge on any atom is -0.496 e. The van der Waals surface area contributed by atoms with Crippen LogP contribution in [-0.4, -0.2) is 144 Å². The van der Waals surface area contributed by atoms with Crippen molar-refractivity contribution in [2.45, 2.75) is 169 Å². The molecule has 6 aliphatic heterocycles. The number of fused-ring (bicyclic) bond motifs is 5. The second-order valence-corrected chi connectivity index (χ2v) is 22.0. The molecule has 2 bridgehead atoms. The van der Waals surface area contributed by atoms with Gasteiger partial charge in [0.15, 0.2) is 5.60 Å². The maximum absolute atomic E-state index is 15.5. The van der Waals surface area contributed by atoms with Crippen LogP contribution >= 0.6 is 0 Å². The van der Waals surface area contributed by atoms with Crippen LogP contribution in [0.5, 0.6) is 5.75 Å². The summed E-state index contributed by atoms with van der Waals surface area (Å²) >= 11 is 0. The highest BCUT2D eigenvalue weighted by molar-refractivity contribution is 5.93. The summed E-state index contributed by atoms with van der Waals surface area (Å²) < 4.78 is 12.5. The third-order valence-corrected chi connectivity index (χ3v) is 18.4. The molecule has 3 fully saturated rings. The number of nitrogens with zero attached hydrogens (tertiary/aromatic N) is 3. The number of benzene rings is 1. The number of carbonyl (C=O) groups excluding carboxylic acids is 2. The number of esters is 1. The first-order chi connectivity index (χ1) is 33.2. The lowest BCUT2D eigenvalue weighted by Crippen LogP contribution is -2.81. The number of aliphatic carboxylic acids is 1. The molecule has 9 rings (SSSR count). The quantitative estimate of drug-likeness (QED) is 0.0593. The number of nitrogens with one attached hydrogen (secondary N) is 2. The third-order valence-electron chi connectivity index (χ3n) is 18.4. The highest BCUT2D eigenvalue weighted by Gasteiger charge is 2.78. The summed E-state index contributed by atoms with van der Waals surface area (Å²) in [7, 11) is 5.03. The van der Waals surface area contributed by atoms with E-state index in [0.717, 1.165) is 99.8 Å². The van der Waals surface area contributed by atoms with E-state index in [1.165, 1.54) is 12.7 Å². The van der Waals surface area contributed by atoms with Gasteiger partial charge in [-0.05, 0) is 93.0 Å². The number of allylic oxidation sites excluding steroid dienone is 2. The summed E-state index contributed by atoms with van der Waals surface area (Å²) in [6, 6.07) is 3.04. The number of carboxylic acid groups (broad SMARTS) is 1. The number of carboxylic acids is 1. The molecule has 6 N–H and O–H groups in total. The average Bonchev–Trinajstić information content (AvgIpc) is 4.01. The summed E-state index contributed by atoms with van der Waals surface area (Å²) in [5.41, 5.74) is -0.822. The van der Waals surface area contributed by atoms with Gasteiger partial charge in [0.2, 0.25) is 0 Å². The SMILES string of the molecule is CC[C@]1(O)C[C@H]2CN(CCC3=C(NC4CC=CC=C34)[C@@](C(=O)OC)(c3cc4c(cc3OC)N(C)[C@H]3[C@@](O)(C(=O)NCCCCCCCCCCCC(=O)O)[C@H](O)[C@]5(CC)C=CCN6CC[C@]43[C@@H]65)C2)C1. The average molecular weight is 954 g/mol. The van der Waals surface area contributed by atoms with E-state index in [4.69, 9.17) is 14.6 Å². The van der Waals surface area contributed by atoms with Crippen LogP contribution in [0.25, 0.3) is 0 Å². The van der Waals surface area contributed by atoms with Gasteiger partial charge in [-0.3, -0.25) is 24.2 Å². The molecule has 2 saturated heterocycles. The number of piperidine rings is 1. The van der Waals surface area contributed by atoms with E-state index in [0.29, 0.717) is 76.0 Å². The summed E-state index contributed by atoms with van der Waals surface area (Å²) in [6.07, 6.45) is 22.1. The molecule has 1 aromatic carbocycles. The molecule has 69 heavy (non-hydrogen) atoms. The van der Waals surface area contributed by atoms with Crippen molar-refractivity contribution >= 4 is 23.5 Å². The molecule has 0 radical (unpaired) electrons. The molecule has 1 amide bonds. The van der Waals surface area contributed by atoms with Gasteiger partial charge in [0.05, 0.1) is 31.9 Å². The van der Waals surface area contributed by atoms with Gasteiger partial charge in [-0.15, -0.1) is 0 Å². The van der Waals surface area contributed by atoms with E-state index < -0.39 is 57.4 Å². The summed E-state index contributed by atoms with van der Waals surface area (Å²) in [5, 5.41) is 54.5. The summed E-state index contributed by atoms with van der Waals surface area (Å²) in [5.74, 6) is -1.28. The number of rotatable bonds is 18. The van der Waals surface area contributed by atoms with Crippen molar-refractivity contribution in [2.75, 3.05) is 65.4 Å². The Morgan fingerprint density at radius 1 is 0.913 bits per heavy atom. The van der Waals surface area contributed by atoms with Crippen LogP contribution < -0.4 is 20.3 Å². The standard InChI is InChI=1S/C55H79N5O9/c1-6-51(66)32-36-33-54(50(65)69-5,45-38(23-28-59(34-36)35-51)37-20-16-17-21-41(37)57-45)40-30-39-42(31-43(40)68-4)58(3)47-53(39)25-29-60-27-19-24-52(7-2,46(53)60)48(63)55(47,67)49(64)56-26-18-14-12-10-8-9-11-13-15-22-44(61)62/h16-17,19-20,24,30-31,36,41,46-48,57,63,66-67H,6-15,18,21-23,25-29,32-35H2,1-5H3,(H,56,64)(H,61,62)/t36-,41?,46+,47-,48-,51+,52-,53-,54+,55+/m1/s1. The van der Waals surface area contributed by atoms with Crippen LogP contribution in [0.1, 0.15) is 134 Å². The van der Waals surface area contributed by atoms with Gasteiger partial charge in [-0.25, -0.2) is 0 Å². The van der Waals surface area contributed by atoms with E-state index in [1.54, 1.807) is 7.11 Å². The number of likely N-dealkylation sites (N-methyl/N-ethyl adjacent to an activating group) is 1. The summed E-state index contributed by atoms with van der Waals surface area (Å²) in [4.78, 5) is 48.2. The molecule has 6 heterocycles. The lowest BCUT2D eigenvalue weighted by Gasteiger charge is -2.63. The summed E-state index contributed by atoms with van der Waals surface area (Å²) in [6.45, 7) is 7.89. The predicted octanol–water partition coefficient (Wildman–Crippen LogP) is 5.78. The first-order valence-electron chi connectivity index (χ1n) is 26.4. The van der Waals surface area contributed by atoms with Crippen molar-refractivity contribution in [2.24, 2.45) is 11.3 Å². The Morgan fingerprint density at radius 2 is 1.65 bits per heavy atom. The highest BCUT2D eigenvalue weighted by atomic mass is 16.5. The van der Waals surface area contributed by atoms with Gasteiger partial charge in [-0.1, -0.05) is 89.2 Å². The number of unbranched alkanes of at least 4 members (excludes halogenated alkanes) is 8. The van der Waals surface area contributed by atoms with Crippen molar-refractivity contribution in [3.8, 4) is 5.75 Å². The number of ether oxygens (including phenoxy) is 2. The zero-order valence-corrected chi connectivity index (χ0v) is 41.9. The van der Waals surface area contributed by atoms with Gasteiger partial charge < -0.3 is 45.4 Å². The van der Waals surface area contributed by atoms with Gasteiger partial charge in [0.1, 0.15) is 17.3 Å². The molecule has 2 aliphatic carbocycles. The maximum atomic E-state index is 15.5. The number of methoxy groups -OCH3 is 2. The number of hydrogen-bond donors (Lipinski definition) is 6. The van der Waals surface area contributed by atoms with Crippen LogP contribution in [0.4, 0.5) is 5.69 Å². The number of amides is 1. The maximum Gasteiger partial charge on any atom is 0.322 e. The molecule has 1 aromatic rings. The molecule has 14 heteroatoms. The molecular formula is C55H79N5O9. The molecular weight excluding hydrogens is 875 g/mol. The monoisotopic (exact) mass is 954 g/mol. The fourth-order valence-corrected chi connectivity index (χ4v) is 15.3.